The van der Waals surface area contributed by atoms with Crippen molar-refractivity contribution in [3.63, 3.8) is 0 Å². The van der Waals surface area contributed by atoms with Crippen molar-refractivity contribution in [3.05, 3.63) is 23.8 Å². The number of allylic oxidation sites excluding steroid dienone is 4. The van der Waals surface area contributed by atoms with Crippen LogP contribution >= 0.6 is 0 Å². The van der Waals surface area contributed by atoms with Crippen LogP contribution < -0.4 is 0 Å². The monoisotopic (exact) mass is 280 g/mol. The summed E-state index contributed by atoms with van der Waals surface area (Å²) in [4.78, 5) is 11.8. The molecule has 0 unspecified atom stereocenters. The van der Waals surface area contributed by atoms with Gasteiger partial charge in [0.25, 0.3) is 0 Å². The van der Waals surface area contributed by atoms with Crippen LogP contribution in [0.1, 0.15) is 68.2 Å². The zero-order chi connectivity index (χ0) is 15.1. The molecule has 0 fully saturated rings. The summed E-state index contributed by atoms with van der Waals surface area (Å²) < 4.78 is 0. The van der Waals surface area contributed by atoms with Crippen LogP contribution in [0.25, 0.3) is 0 Å². The van der Waals surface area contributed by atoms with Gasteiger partial charge in [-0.05, 0) is 28.0 Å². The van der Waals surface area contributed by atoms with Gasteiger partial charge in [0.05, 0.1) is 0 Å². The molecule has 19 heavy (non-hydrogen) atoms. The van der Waals surface area contributed by atoms with E-state index in [0.29, 0.717) is 0 Å². The molecule has 1 nitrogen and oxygen atoms in total. The highest BCUT2D eigenvalue weighted by molar-refractivity contribution is 6.81. The Morgan fingerprint density at radius 2 is 1.47 bits per heavy atom. The second-order valence-corrected chi connectivity index (χ2v) is 14.5. The number of rotatable bonds is 3. The minimum Gasteiger partial charge on any atom is -0.430 e. The van der Waals surface area contributed by atoms with Crippen molar-refractivity contribution >= 4 is 8.32 Å². The highest BCUT2D eigenvalue weighted by Gasteiger charge is 2.61. The lowest BCUT2D eigenvalue weighted by molar-refractivity contribution is 0.351. The molecule has 0 atom stereocenters. The van der Waals surface area contributed by atoms with Gasteiger partial charge in [0, 0.05) is 0 Å². The van der Waals surface area contributed by atoms with Gasteiger partial charge in [-0.2, -0.15) is 0 Å². The normalized spacial score (nSPS) is 17.8. The van der Waals surface area contributed by atoms with Gasteiger partial charge in [-0.15, -0.1) is 0 Å². The minimum atomic E-state index is -2.52. The lowest BCUT2D eigenvalue weighted by atomic mass is 10.0. The molecule has 0 spiro atoms. The van der Waals surface area contributed by atoms with Gasteiger partial charge in [0.2, 0.25) is 8.32 Å². The minimum absolute atomic E-state index is 0.0264. The van der Waals surface area contributed by atoms with Crippen LogP contribution in [0, 0.1) is 0 Å². The highest BCUT2D eigenvalue weighted by Crippen LogP contribution is 2.62. The van der Waals surface area contributed by atoms with E-state index < -0.39 is 8.32 Å². The van der Waals surface area contributed by atoms with Gasteiger partial charge in [-0.25, -0.2) is 0 Å². The molecule has 0 aromatic heterocycles. The summed E-state index contributed by atoms with van der Waals surface area (Å²) in [6.45, 7) is 17.8. The lowest BCUT2D eigenvalue weighted by Crippen LogP contribution is -2.59. The Kier molecular flexibility index (Phi) is 4.30. The van der Waals surface area contributed by atoms with E-state index in [2.05, 4.69) is 73.6 Å². The molecule has 1 rings (SSSR count). The zero-order valence-electron chi connectivity index (χ0n) is 14.1. The topological polar surface area (TPSA) is 20.2 Å². The van der Waals surface area contributed by atoms with Crippen molar-refractivity contribution < 1.29 is 4.80 Å². The zero-order valence-corrected chi connectivity index (χ0v) is 15.1. The molecule has 1 N–H and O–H groups in total. The van der Waals surface area contributed by atoms with Crippen LogP contribution in [0.4, 0.5) is 0 Å². The van der Waals surface area contributed by atoms with Crippen LogP contribution in [-0.2, 0) is 0 Å². The predicted octanol–water partition coefficient (Wildman–Crippen LogP) is 5.58. The molecule has 0 aliphatic heterocycles. The highest BCUT2D eigenvalue weighted by atomic mass is 28.4. The van der Waals surface area contributed by atoms with Gasteiger partial charge in [-0.3, -0.25) is 0 Å². The summed E-state index contributed by atoms with van der Waals surface area (Å²) in [5, 5.41) is -0.0793. The van der Waals surface area contributed by atoms with Crippen molar-refractivity contribution in [2.75, 3.05) is 0 Å². The first-order valence-corrected chi connectivity index (χ1v) is 9.35. The fourth-order valence-electron chi connectivity index (χ4n) is 4.47. The smallest absolute Gasteiger partial charge is 0.205 e. The van der Waals surface area contributed by atoms with Crippen LogP contribution in [0.5, 0.6) is 0 Å². The molecule has 110 valence electrons. The maximum absolute atomic E-state index is 11.8. The Morgan fingerprint density at radius 1 is 1.00 bits per heavy atom. The maximum Gasteiger partial charge on any atom is 0.205 e. The second kappa shape index (κ2) is 4.89. The van der Waals surface area contributed by atoms with Crippen molar-refractivity contribution in [2.45, 2.75) is 83.3 Å². The fraction of sp³-hybridized carbons (Fsp3) is 0.765. The molecule has 0 saturated carbocycles. The Hall–Kier alpha value is -0.343. The first-order chi connectivity index (χ1) is 8.33. The Bertz CT molecular complexity index is 374. The van der Waals surface area contributed by atoms with Crippen LogP contribution in [0.15, 0.2) is 23.8 Å². The van der Waals surface area contributed by atoms with Gasteiger partial charge < -0.3 is 4.80 Å². The van der Waals surface area contributed by atoms with Gasteiger partial charge >= 0.3 is 0 Å². The Balaban J connectivity index is 3.17. The van der Waals surface area contributed by atoms with Crippen molar-refractivity contribution in [1.82, 2.24) is 0 Å². The van der Waals surface area contributed by atoms with Crippen LogP contribution in [0.3, 0.4) is 0 Å². The summed E-state index contributed by atoms with van der Waals surface area (Å²) >= 11 is 0. The second-order valence-electron chi connectivity index (χ2n) is 8.73. The van der Waals surface area contributed by atoms with E-state index >= 15 is 0 Å². The number of hydrogen-bond acceptors (Lipinski definition) is 1. The van der Waals surface area contributed by atoms with E-state index in [1.807, 2.05) is 0 Å². The third-order valence-electron chi connectivity index (χ3n) is 4.67. The molecule has 0 bridgehead atoms. The summed E-state index contributed by atoms with van der Waals surface area (Å²) in [7, 11) is -2.52. The average molecular weight is 281 g/mol. The summed E-state index contributed by atoms with van der Waals surface area (Å²) in [5.41, 5.74) is 1.46. The Morgan fingerprint density at radius 3 is 1.79 bits per heavy atom. The van der Waals surface area contributed by atoms with Gasteiger partial charge in [0.15, 0.2) is 0 Å². The Labute approximate surface area is 120 Å². The van der Waals surface area contributed by atoms with Crippen molar-refractivity contribution in [3.8, 4) is 0 Å². The summed E-state index contributed by atoms with van der Waals surface area (Å²) in [6.07, 6.45) is 8.64. The molecule has 1 aliphatic rings. The van der Waals surface area contributed by atoms with E-state index in [1.54, 1.807) is 0 Å². The molecular weight excluding hydrogens is 248 g/mol. The molecule has 0 radical (unpaired) electrons. The van der Waals surface area contributed by atoms with Crippen LogP contribution in [0.2, 0.25) is 15.1 Å². The third-order valence-corrected chi connectivity index (χ3v) is 11.1. The van der Waals surface area contributed by atoms with E-state index in [9.17, 15) is 4.80 Å². The first kappa shape index (κ1) is 16.7. The van der Waals surface area contributed by atoms with E-state index in [4.69, 9.17) is 0 Å². The summed E-state index contributed by atoms with van der Waals surface area (Å²) in [6, 6.07) is 0. The molecule has 0 saturated heterocycles. The maximum atomic E-state index is 11.8. The number of hydrogen-bond donors (Lipinski definition) is 1. The van der Waals surface area contributed by atoms with E-state index in [1.165, 1.54) is 5.57 Å². The van der Waals surface area contributed by atoms with Crippen molar-refractivity contribution in [1.29, 1.82) is 0 Å². The molecule has 0 aromatic carbocycles. The fourth-order valence-corrected chi connectivity index (χ4v) is 11.3. The van der Waals surface area contributed by atoms with E-state index in [-0.39, 0.29) is 15.1 Å². The van der Waals surface area contributed by atoms with Gasteiger partial charge in [-0.1, -0.05) is 79.2 Å². The average Bonchev–Trinajstić information content (AvgIpc) is 2.64. The molecule has 0 heterocycles. The third kappa shape index (κ3) is 2.90. The summed E-state index contributed by atoms with van der Waals surface area (Å²) in [5.74, 6) is 0. The molecular formula is C17H32OSi. The quantitative estimate of drug-likeness (QED) is 0.669. The molecule has 1 aliphatic carbocycles. The van der Waals surface area contributed by atoms with Gasteiger partial charge in [0.1, 0.15) is 0 Å². The van der Waals surface area contributed by atoms with E-state index in [0.717, 1.165) is 12.8 Å². The molecule has 2 heteroatoms. The van der Waals surface area contributed by atoms with Crippen LogP contribution in [-0.4, -0.2) is 13.1 Å². The SMILES string of the molecule is CC(C)(C)[Si](O)(C(C)(C)C)C(C)(C)CC1=CC=CC1. The molecule has 0 amide bonds. The standard InChI is InChI=1S/C17H32OSi/c1-15(2,3)19(18,16(4,5)6)17(7,8)13-14-11-9-10-12-14/h9-11,18H,12-13H2,1-8H3. The predicted molar refractivity (Wildman–Crippen MR) is 87.9 cm³/mol. The first-order valence-electron chi connectivity index (χ1n) is 7.40. The lowest BCUT2D eigenvalue weighted by Gasteiger charge is -2.56. The molecule has 0 aromatic rings. The largest absolute Gasteiger partial charge is 0.430 e. The van der Waals surface area contributed by atoms with Crippen molar-refractivity contribution in [2.24, 2.45) is 0 Å².